The Morgan fingerprint density at radius 2 is 1.76 bits per heavy atom. The number of nitrogens with zero attached hydrogens (tertiary/aromatic N) is 1. The van der Waals surface area contributed by atoms with Crippen LogP contribution in [0.3, 0.4) is 0 Å². The van der Waals surface area contributed by atoms with Gasteiger partial charge < -0.3 is 4.74 Å². The number of benzene rings is 1. The Morgan fingerprint density at radius 1 is 1.24 bits per heavy atom. The highest BCUT2D eigenvalue weighted by molar-refractivity contribution is 7.90. The van der Waals surface area contributed by atoms with Gasteiger partial charge in [-0.25, -0.2) is 8.42 Å². The summed E-state index contributed by atoms with van der Waals surface area (Å²) in [6.45, 7) is 4.04. The standard InChI is InChI=1S/C15H23NO4S/c1-6-20-14(17)11-15(2,16(3)4)12-7-9-13(10-8-12)21(5,18)19/h7-10H,6,11H2,1-5H3. The van der Waals surface area contributed by atoms with E-state index in [2.05, 4.69) is 0 Å². The summed E-state index contributed by atoms with van der Waals surface area (Å²) < 4.78 is 28.0. The van der Waals surface area contributed by atoms with Gasteiger partial charge in [0.25, 0.3) is 0 Å². The highest BCUT2D eigenvalue weighted by Gasteiger charge is 2.32. The molecule has 0 spiro atoms. The monoisotopic (exact) mass is 313 g/mol. The third-order valence-electron chi connectivity index (χ3n) is 3.69. The van der Waals surface area contributed by atoms with Crippen LogP contribution in [0.25, 0.3) is 0 Å². The minimum absolute atomic E-state index is 0.200. The Balaban J connectivity index is 3.14. The average Bonchev–Trinajstić information content (AvgIpc) is 2.37. The zero-order valence-corrected chi connectivity index (χ0v) is 14.0. The lowest BCUT2D eigenvalue weighted by Crippen LogP contribution is -2.40. The molecule has 0 aliphatic rings. The lowest BCUT2D eigenvalue weighted by molar-refractivity contribution is -0.146. The fraction of sp³-hybridized carbons (Fsp3) is 0.533. The first-order chi connectivity index (χ1) is 9.61. The molecule has 1 rings (SSSR count). The van der Waals surface area contributed by atoms with Gasteiger partial charge in [0.15, 0.2) is 9.84 Å². The van der Waals surface area contributed by atoms with E-state index < -0.39 is 15.4 Å². The normalized spacial score (nSPS) is 14.8. The summed E-state index contributed by atoms with van der Waals surface area (Å²) >= 11 is 0. The van der Waals surface area contributed by atoms with E-state index in [0.29, 0.717) is 6.61 Å². The molecule has 0 fully saturated rings. The summed E-state index contributed by atoms with van der Waals surface area (Å²) in [7, 11) is 0.535. The number of carbonyl (C=O) groups excluding carboxylic acids is 1. The second-order valence-corrected chi connectivity index (χ2v) is 7.46. The fourth-order valence-electron chi connectivity index (χ4n) is 2.07. The number of sulfone groups is 1. The van der Waals surface area contributed by atoms with Gasteiger partial charge in [-0.2, -0.15) is 0 Å². The van der Waals surface area contributed by atoms with E-state index in [1.807, 2.05) is 25.9 Å². The molecular formula is C15H23NO4S. The lowest BCUT2D eigenvalue weighted by atomic mass is 9.87. The molecule has 1 aromatic rings. The quantitative estimate of drug-likeness (QED) is 0.750. The van der Waals surface area contributed by atoms with Crippen molar-refractivity contribution < 1.29 is 17.9 Å². The maximum atomic E-state index is 11.8. The third kappa shape index (κ3) is 4.28. The molecular weight excluding hydrogens is 290 g/mol. The van der Waals surface area contributed by atoms with Crippen LogP contribution in [0.2, 0.25) is 0 Å². The van der Waals surface area contributed by atoms with Crippen LogP contribution in [0.15, 0.2) is 29.2 Å². The fourth-order valence-corrected chi connectivity index (χ4v) is 2.70. The second kappa shape index (κ2) is 6.58. The number of carbonyl (C=O) groups is 1. The van der Waals surface area contributed by atoms with E-state index >= 15 is 0 Å². The van der Waals surface area contributed by atoms with Crippen molar-refractivity contribution in [3.8, 4) is 0 Å². The second-order valence-electron chi connectivity index (χ2n) is 5.45. The number of rotatable bonds is 6. The highest BCUT2D eigenvalue weighted by Crippen LogP contribution is 2.31. The first kappa shape index (κ1) is 17.7. The van der Waals surface area contributed by atoms with E-state index in [-0.39, 0.29) is 17.3 Å². The van der Waals surface area contributed by atoms with Crippen molar-refractivity contribution >= 4 is 15.8 Å². The van der Waals surface area contributed by atoms with Crippen molar-refractivity contribution in [2.75, 3.05) is 27.0 Å². The molecule has 1 atom stereocenters. The molecule has 0 N–H and O–H groups in total. The molecule has 0 saturated carbocycles. The molecule has 0 aromatic heterocycles. The lowest BCUT2D eigenvalue weighted by Gasteiger charge is -2.36. The number of hydrogen-bond acceptors (Lipinski definition) is 5. The number of ether oxygens (including phenoxy) is 1. The van der Waals surface area contributed by atoms with Crippen molar-refractivity contribution in [1.82, 2.24) is 4.90 Å². The van der Waals surface area contributed by atoms with Crippen LogP contribution in [-0.2, 0) is 24.9 Å². The number of esters is 1. The van der Waals surface area contributed by atoms with Crippen LogP contribution in [-0.4, -0.2) is 46.2 Å². The van der Waals surface area contributed by atoms with Gasteiger partial charge in [-0.1, -0.05) is 12.1 Å². The molecule has 1 unspecified atom stereocenters. The van der Waals surface area contributed by atoms with Crippen molar-refractivity contribution in [2.24, 2.45) is 0 Å². The van der Waals surface area contributed by atoms with Gasteiger partial charge in [-0.05, 0) is 45.6 Å². The topological polar surface area (TPSA) is 63.7 Å². The SMILES string of the molecule is CCOC(=O)CC(C)(c1ccc(S(C)(=O)=O)cc1)N(C)C. The van der Waals surface area contributed by atoms with Gasteiger partial charge in [0.05, 0.1) is 23.5 Å². The van der Waals surface area contributed by atoms with E-state index in [1.165, 1.54) is 6.26 Å². The Hall–Kier alpha value is -1.40. The van der Waals surface area contributed by atoms with Crippen LogP contribution < -0.4 is 0 Å². The van der Waals surface area contributed by atoms with E-state index in [4.69, 9.17) is 4.74 Å². The van der Waals surface area contributed by atoms with Gasteiger partial charge in [0.2, 0.25) is 0 Å². The van der Waals surface area contributed by atoms with Crippen LogP contribution in [0, 0.1) is 0 Å². The highest BCUT2D eigenvalue weighted by atomic mass is 32.2. The zero-order valence-electron chi connectivity index (χ0n) is 13.2. The van der Waals surface area contributed by atoms with Gasteiger partial charge in [-0.15, -0.1) is 0 Å². The van der Waals surface area contributed by atoms with E-state index in [1.54, 1.807) is 31.2 Å². The molecule has 0 amide bonds. The van der Waals surface area contributed by atoms with Crippen molar-refractivity contribution in [3.05, 3.63) is 29.8 Å². The zero-order chi connectivity index (χ0) is 16.3. The molecule has 1 aromatic carbocycles. The first-order valence-corrected chi connectivity index (χ1v) is 8.64. The van der Waals surface area contributed by atoms with Crippen LogP contribution in [0.1, 0.15) is 25.8 Å². The third-order valence-corrected chi connectivity index (χ3v) is 4.81. The first-order valence-electron chi connectivity index (χ1n) is 6.75. The number of hydrogen-bond donors (Lipinski definition) is 0. The minimum atomic E-state index is -3.22. The Labute approximate surface area is 126 Å². The average molecular weight is 313 g/mol. The van der Waals surface area contributed by atoms with Crippen LogP contribution in [0.5, 0.6) is 0 Å². The molecule has 0 bridgehead atoms. The summed E-state index contributed by atoms with van der Waals surface area (Å²) in [5, 5.41) is 0. The molecule has 0 heterocycles. The smallest absolute Gasteiger partial charge is 0.307 e. The largest absolute Gasteiger partial charge is 0.466 e. The Morgan fingerprint density at radius 3 is 2.14 bits per heavy atom. The van der Waals surface area contributed by atoms with Gasteiger partial charge in [-0.3, -0.25) is 9.69 Å². The molecule has 6 heteroatoms. The summed E-state index contributed by atoms with van der Waals surface area (Å²) in [6, 6.07) is 6.63. The summed E-state index contributed by atoms with van der Waals surface area (Å²) in [4.78, 5) is 14.0. The summed E-state index contributed by atoms with van der Waals surface area (Å²) in [5.41, 5.74) is 0.315. The predicted octanol–water partition coefficient (Wildman–Crippen LogP) is 1.82. The molecule has 118 valence electrons. The van der Waals surface area contributed by atoms with Crippen molar-refractivity contribution in [1.29, 1.82) is 0 Å². The molecule has 0 aliphatic carbocycles. The predicted molar refractivity (Wildman–Crippen MR) is 81.8 cm³/mol. The van der Waals surface area contributed by atoms with Crippen molar-refractivity contribution in [3.63, 3.8) is 0 Å². The maximum absolute atomic E-state index is 11.8. The molecule has 0 aliphatic heterocycles. The van der Waals surface area contributed by atoms with Gasteiger partial charge in [0.1, 0.15) is 0 Å². The Bertz CT molecular complexity index is 593. The summed E-state index contributed by atoms with van der Waals surface area (Å²) in [5.74, 6) is -0.277. The molecule has 21 heavy (non-hydrogen) atoms. The van der Waals surface area contributed by atoms with Crippen molar-refractivity contribution in [2.45, 2.75) is 30.7 Å². The molecule has 0 radical (unpaired) electrons. The molecule has 0 saturated heterocycles. The van der Waals surface area contributed by atoms with E-state index in [0.717, 1.165) is 5.56 Å². The van der Waals surface area contributed by atoms with Crippen LogP contribution >= 0.6 is 0 Å². The Kier molecular flexibility index (Phi) is 5.53. The van der Waals surface area contributed by atoms with Gasteiger partial charge >= 0.3 is 5.97 Å². The molecule has 5 nitrogen and oxygen atoms in total. The van der Waals surface area contributed by atoms with Gasteiger partial charge in [0, 0.05) is 6.26 Å². The summed E-state index contributed by atoms with van der Waals surface area (Å²) in [6.07, 6.45) is 1.37. The van der Waals surface area contributed by atoms with E-state index in [9.17, 15) is 13.2 Å². The van der Waals surface area contributed by atoms with Crippen LogP contribution in [0.4, 0.5) is 0 Å². The minimum Gasteiger partial charge on any atom is -0.466 e. The maximum Gasteiger partial charge on any atom is 0.307 e.